The standard InChI is InChI=1S/C30H40N4O5/c1-18-14-15-21(16-20(18)3)26(27(36)32-23-13-8-7-10-19(23)2)34(22-11-9-12-22)28(37)24(17-25(31)35)33-29(38)39-30(4,5)6/h7-8,10,13-16,22,24,26H,9,11-12,17H2,1-6H3,(H2,31,35)(H,32,36)(H,33,38). The highest BCUT2D eigenvalue weighted by atomic mass is 16.6. The zero-order chi connectivity index (χ0) is 28.9. The van der Waals surface area contributed by atoms with E-state index >= 15 is 0 Å². The van der Waals surface area contributed by atoms with Crippen molar-refractivity contribution in [3.8, 4) is 0 Å². The number of ether oxygens (including phenoxy) is 1. The van der Waals surface area contributed by atoms with Crippen LogP contribution in [0.5, 0.6) is 0 Å². The van der Waals surface area contributed by atoms with E-state index in [0.717, 1.165) is 23.1 Å². The predicted octanol–water partition coefficient (Wildman–Crippen LogP) is 4.44. The number of rotatable bonds is 9. The number of amides is 4. The highest BCUT2D eigenvalue weighted by molar-refractivity contribution is 6.00. The first-order valence-electron chi connectivity index (χ1n) is 13.3. The minimum atomic E-state index is -1.29. The summed E-state index contributed by atoms with van der Waals surface area (Å²) >= 11 is 0. The van der Waals surface area contributed by atoms with Crippen LogP contribution in [0.3, 0.4) is 0 Å². The van der Waals surface area contributed by atoms with Crippen molar-refractivity contribution in [3.63, 3.8) is 0 Å². The Bertz CT molecular complexity index is 1230. The van der Waals surface area contributed by atoms with E-state index in [2.05, 4.69) is 10.6 Å². The van der Waals surface area contributed by atoms with Gasteiger partial charge in [-0.2, -0.15) is 0 Å². The third kappa shape index (κ3) is 7.81. The molecule has 0 radical (unpaired) electrons. The molecule has 0 aliphatic heterocycles. The summed E-state index contributed by atoms with van der Waals surface area (Å²) in [6.45, 7) is 10.9. The topological polar surface area (TPSA) is 131 Å². The second-order valence-electron chi connectivity index (χ2n) is 11.2. The summed E-state index contributed by atoms with van der Waals surface area (Å²) in [5, 5.41) is 5.52. The fourth-order valence-electron chi connectivity index (χ4n) is 4.50. The molecule has 39 heavy (non-hydrogen) atoms. The molecule has 0 heterocycles. The fourth-order valence-corrected chi connectivity index (χ4v) is 4.50. The smallest absolute Gasteiger partial charge is 0.408 e. The monoisotopic (exact) mass is 536 g/mol. The molecule has 1 saturated carbocycles. The van der Waals surface area contributed by atoms with E-state index < -0.39 is 42.0 Å². The molecule has 210 valence electrons. The number of hydrogen-bond donors (Lipinski definition) is 3. The Morgan fingerprint density at radius 2 is 1.67 bits per heavy atom. The lowest BCUT2D eigenvalue weighted by atomic mass is 9.87. The maximum Gasteiger partial charge on any atom is 0.408 e. The average molecular weight is 537 g/mol. The summed E-state index contributed by atoms with van der Waals surface area (Å²) in [4.78, 5) is 54.3. The third-order valence-corrected chi connectivity index (χ3v) is 6.89. The number of benzene rings is 2. The zero-order valence-corrected chi connectivity index (χ0v) is 23.7. The second-order valence-corrected chi connectivity index (χ2v) is 11.2. The number of aryl methyl sites for hydroxylation is 3. The molecule has 1 aliphatic rings. The Labute approximate surface area is 230 Å². The summed E-state index contributed by atoms with van der Waals surface area (Å²) in [5.41, 5.74) is 8.85. The van der Waals surface area contributed by atoms with Crippen LogP contribution < -0.4 is 16.4 Å². The van der Waals surface area contributed by atoms with Crippen molar-refractivity contribution in [2.24, 2.45) is 5.73 Å². The van der Waals surface area contributed by atoms with Crippen LogP contribution in [0.15, 0.2) is 42.5 Å². The SMILES string of the molecule is Cc1ccc(C(C(=O)Nc2ccccc2C)N(C(=O)C(CC(N)=O)NC(=O)OC(C)(C)C)C2CCC2)cc1C. The van der Waals surface area contributed by atoms with E-state index in [1.54, 1.807) is 26.8 Å². The molecule has 0 aromatic heterocycles. The highest BCUT2D eigenvalue weighted by Gasteiger charge is 2.42. The van der Waals surface area contributed by atoms with Crippen molar-refractivity contribution in [1.82, 2.24) is 10.2 Å². The highest BCUT2D eigenvalue weighted by Crippen LogP contribution is 2.35. The number of nitrogens with one attached hydrogen (secondary N) is 2. The van der Waals surface area contributed by atoms with Gasteiger partial charge >= 0.3 is 6.09 Å². The van der Waals surface area contributed by atoms with Gasteiger partial charge in [0.2, 0.25) is 11.8 Å². The lowest BCUT2D eigenvalue weighted by Crippen LogP contribution is -2.57. The molecule has 0 saturated heterocycles. The molecule has 1 aliphatic carbocycles. The Balaban J connectivity index is 2.06. The molecule has 4 N–H and O–H groups in total. The molecular weight excluding hydrogens is 496 g/mol. The molecule has 3 rings (SSSR count). The van der Waals surface area contributed by atoms with E-state index in [1.165, 1.54) is 4.90 Å². The van der Waals surface area contributed by atoms with E-state index in [4.69, 9.17) is 10.5 Å². The number of hydrogen-bond acceptors (Lipinski definition) is 5. The maximum atomic E-state index is 14.2. The second kappa shape index (κ2) is 12.3. The van der Waals surface area contributed by atoms with Crippen LogP contribution in [0, 0.1) is 20.8 Å². The molecule has 0 spiro atoms. The number of para-hydroxylation sites is 1. The van der Waals surface area contributed by atoms with Gasteiger partial charge in [-0.3, -0.25) is 14.4 Å². The number of primary amides is 1. The summed E-state index contributed by atoms with van der Waals surface area (Å²) in [7, 11) is 0. The summed E-state index contributed by atoms with van der Waals surface area (Å²) in [5.74, 6) is -1.71. The molecule has 2 aromatic rings. The summed E-state index contributed by atoms with van der Waals surface area (Å²) < 4.78 is 5.34. The van der Waals surface area contributed by atoms with Crippen molar-refractivity contribution in [2.75, 3.05) is 5.32 Å². The van der Waals surface area contributed by atoms with Gasteiger partial charge in [0.15, 0.2) is 0 Å². The van der Waals surface area contributed by atoms with Gasteiger partial charge in [-0.05, 0) is 89.1 Å². The summed E-state index contributed by atoms with van der Waals surface area (Å²) in [6.07, 6.45) is 1.01. The molecule has 2 aromatic carbocycles. The Kier molecular flexibility index (Phi) is 9.37. The molecular formula is C30H40N4O5. The molecule has 9 heteroatoms. The van der Waals surface area contributed by atoms with Crippen LogP contribution >= 0.6 is 0 Å². The quantitative estimate of drug-likeness (QED) is 0.436. The molecule has 2 atom stereocenters. The maximum absolute atomic E-state index is 14.2. The lowest BCUT2D eigenvalue weighted by molar-refractivity contribution is -0.146. The van der Waals surface area contributed by atoms with Crippen LogP contribution in [-0.2, 0) is 19.1 Å². The Hall–Kier alpha value is -3.88. The van der Waals surface area contributed by atoms with Crippen LogP contribution in [0.4, 0.5) is 10.5 Å². The molecule has 0 bridgehead atoms. The van der Waals surface area contributed by atoms with E-state index in [9.17, 15) is 19.2 Å². The minimum absolute atomic E-state index is 0.248. The Morgan fingerprint density at radius 3 is 2.21 bits per heavy atom. The summed E-state index contributed by atoms with van der Waals surface area (Å²) in [6, 6.07) is 10.5. The van der Waals surface area contributed by atoms with Gasteiger partial charge in [0, 0.05) is 11.7 Å². The van der Waals surface area contributed by atoms with Gasteiger partial charge in [0.1, 0.15) is 17.7 Å². The van der Waals surface area contributed by atoms with Gasteiger partial charge in [0.25, 0.3) is 5.91 Å². The van der Waals surface area contributed by atoms with Crippen molar-refractivity contribution >= 4 is 29.5 Å². The van der Waals surface area contributed by atoms with Gasteiger partial charge in [-0.15, -0.1) is 0 Å². The van der Waals surface area contributed by atoms with Crippen LogP contribution in [0.1, 0.15) is 74.8 Å². The van der Waals surface area contributed by atoms with Crippen LogP contribution in [0.2, 0.25) is 0 Å². The Morgan fingerprint density at radius 1 is 1.00 bits per heavy atom. The molecule has 1 fully saturated rings. The zero-order valence-electron chi connectivity index (χ0n) is 23.7. The van der Waals surface area contributed by atoms with Crippen LogP contribution in [-0.4, -0.2) is 46.4 Å². The number of nitrogens with zero attached hydrogens (tertiary/aromatic N) is 1. The first kappa shape index (κ1) is 29.7. The van der Waals surface area contributed by atoms with Crippen molar-refractivity contribution in [1.29, 1.82) is 0 Å². The number of carbonyl (C=O) groups excluding carboxylic acids is 4. The number of nitrogens with two attached hydrogens (primary N) is 1. The van der Waals surface area contributed by atoms with Crippen LogP contribution in [0.25, 0.3) is 0 Å². The number of alkyl carbamates (subject to hydrolysis) is 1. The van der Waals surface area contributed by atoms with Gasteiger partial charge in [-0.25, -0.2) is 4.79 Å². The number of carbonyl (C=O) groups is 4. The molecule has 2 unspecified atom stereocenters. The average Bonchev–Trinajstić information content (AvgIpc) is 2.78. The number of anilines is 1. The van der Waals surface area contributed by atoms with Gasteiger partial charge in [-0.1, -0.05) is 36.4 Å². The molecule has 4 amide bonds. The normalized spacial score (nSPS) is 14.9. The van der Waals surface area contributed by atoms with Crippen molar-refractivity contribution in [2.45, 2.75) is 91.0 Å². The van der Waals surface area contributed by atoms with Gasteiger partial charge < -0.3 is 26.0 Å². The molecule has 9 nitrogen and oxygen atoms in total. The van der Waals surface area contributed by atoms with E-state index in [0.29, 0.717) is 24.1 Å². The minimum Gasteiger partial charge on any atom is -0.444 e. The van der Waals surface area contributed by atoms with Gasteiger partial charge in [0.05, 0.1) is 6.42 Å². The first-order valence-corrected chi connectivity index (χ1v) is 13.3. The first-order chi connectivity index (χ1) is 18.3. The van der Waals surface area contributed by atoms with Crippen molar-refractivity contribution < 1.29 is 23.9 Å². The fraction of sp³-hybridized carbons (Fsp3) is 0.467. The largest absolute Gasteiger partial charge is 0.444 e. The van der Waals surface area contributed by atoms with E-state index in [-0.39, 0.29) is 11.9 Å². The third-order valence-electron chi connectivity index (χ3n) is 6.89. The predicted molar refractivity (Wildman–Crippen MR) is 150 cm³/mol. The van der Waals surface area contributed by atoms with Crippen molar-refractivity contribution in [3.05, 3.63) is 64.7 Å². The van der Waals surface area contributed by atoms with E-state index in [1.807, 2.05) is 57.2 Å². The lowest BCUT2D eigenvalue weighted by Gasteiger charge is -2.43.